The fraction of sp³-hybridized carbons (Fsp3) is 0.317. The number of rotatable bonds is 24. The van der Waals surface area contributed by atoms with Gasteiger partial charge < -0.3 is 24.5 Å². The minimum Gasteiger partial charge on any atom is -0.408 e. The lowest BCUT2D eigenvalue weighted by atomic mass is 9.75. The van der Waals surface area contributed by atoms with Crippen molar-refractivity contribution >= 4 is 70.5 Å². The first-order chi connectivity index (χ1) is 43.0. The number of amides is 2. The van der Waals surface area contributed by atoms with E-state index in [2.05, 4.69) is 122 Å². The number of nitrogens with zero attached hydrogens (tertiary/aromatic N) is 9. The Balaban J connectivity index is 0.984. The fourth-order valence-corrected chi connectivity index (χ4v) is 14.2. The van der Waals surface area contributed by atoms with Gasteiger partial charge in [-0.3, -0.25) is 37.6 Å². The molecule has 0 radical (unpaired) electrons. The number of hydrogen-bond donors (Lipinski definition) is 4. The first-order valence-corrected chi connectivity index (χ1v) is 34.2. The van der Waals surface area contributed by atoms with Crippen molar-refractivity contribution in [1.29, 1.82) is 5.26 Å². The lowest BCUT2D eigenvalue weighted by molar-refractivity contribution is -0.0421. The third kappa shape index (κ3) is 13.2. The summed E-state index contributed by atoms with van der Waals surface area (Å²) in [5.74, 6) is -0.915. The lowest BCUT2D eigenvalue weighted by Gasteiger charge is -2.41. The van der Waals surface area contributed by atoms with Gasteiger partial charge in [-0.05, 0) is 59.1 Å². The molecular formula is C63H67N13O10P2Si. The maximum Gasteiger partial charge on any atom is 0.406 e. The van der Waals surface area contributed by atoms with Crippen LogP contribution in [0, 0.1) is 17.2 Å². The van der Waals surface area contributed by atoms with Crippen LogP contribution in [0.4, 0.5) is 11.6 Å². The van der Waals surface area contributed by atoms with Crippen molar-refractivity contribution in [2.75, 3.05) is 30.5 Å². The van der Waals surface area contributed by atoms with Gasteiger partial charge in [-0.15, -0.1) is 0 Å². The molecule has 0 spiro atoms. The zero-order valence-corrected chi connectivity index (χ0v) is 52.5. The van der Waals surface area contributed by atoms with E-state index in [0.717, 1.165) is 16.7 Å². The van der Waals surface area contributed by atoms with Crippen LogP contribution in [-0.2, 0) is 42.1 Å². The van der Waals surface area contributed by atoms with Gasteiger partial charge in [-0.2, -0.15) is 5.26 Å². The van der Waals surface area contributed by atoms with Gasteiger partial charge in [0.1, 0.15) is 31.1 Å². The smallest absolute Gasteiger partial charge is 0.406 e. The summed E-state index contributed by atoms with van der Waals surface area (Å²) >= 11 is 0. The van der Waals surface area contributed by atoms with Gasteiger partial charge in [0.05, 0.1) is 62.7 Å². The Bertz CT molecular complexity index is 3920. The molecular weight excluding hydrogens is 1190 g/mol. The largest absolute Gasteiger partial charge is 0.408 e. The Morgan fingerprint density at radius 3 is 1.58 bits per heavy atom. The molecule has 0 aliphatic carbocycles. The van der Waals surface area contributed by atoms with E-state index in [1.54, 1.807) is 64.0 Å². The second kappa shape index (κ2) is 26.9. The van der Waals surface area contributed by atoms with Gasteiger partial charge >= 0.3 is 16.4 Å². The first kappa shape index (κ1) is 62.5. The van der Waals surface area contributed by atoms with E-state index in [9.17, 15) is 19.4 Å². The standard InChI is InChI=1S/C63H67N13O10P2Si/c1-41-49(73-63(44-27-16-9-17-28-44,45-29-18-10-19-30-45)46-31-20-11-21-32-46)48(84-60(41)75-39-69-51-54(65-37-67-56(51)75)71-58(77)42-23-12-7-13-24-42)36-83-88(80,82-34-22-33-64)74-50-47(35-81-87-79)85-61(53(50)86-89(5,6)62(2,3)4)76-40-70-52-55(66-38-68-57(52)76)72-59(78)43-25-14-8-15-26-43/h7-21,23-32,37-41,47-50,53,60-61,73H,22,34-36H2,1-6H3,(H,74,80)(H,65,67,71,77)(H,66,68,72,78)/t41-,47-,48-,49+,50-,53-,60-,61-,88?/m1/s1. The molecule has 2 aliphatic heterocycles. The molecule has 2 fully saturated rings. The molecule has 89 heavy (non-hydrogen) atoms. The molecule has 6 heterocycles. The van der Waals surface area contributed by atoms with Crippen molar-refractivity contribution < 1.29 is 46.2 Å². The van der Waals surface area contributed by atoms with E-state index in [1.165, 1.54) is 19.0 Å². The highest BCUT2D eigenvalue weighted by Gasteiger charge is 2.55. The van der Waals surface area contributed by atoms with E-state index in [-0.39, 0.29) is 60.0 Å². The lowest BCUT2D eigenvalue weighted by Crippen LogP contribution is -2.55. The Labute approximate surface area is 517 Å². The maximum absolute atomic E-state index is 16.2. The van der Waals surface area contributed by atoms with Crippen LogP contribution in [-0.4, -0.2) is 109 Å². The zero-order chi connectivity index (χ0) is 62.3. The third-order valence-electron chi connectivity index (χ3n) is 16.6. The predicted molar refractivity (Wildman–Crippen MR) is 335 cm³/mol. The summed E-state index contributed by atoms with van der Waals surface area (Å²) < 4.78 is 71.7. The number of carbonyl (C=O) groups excluding carboxylic acids is 2. The Morgan fingerprint density at radius 1 is 0.652 bits per heavy atom. The van der Waals surface area contributed by atoms with Crippen molar-refractivity contribution in [1.82, 2.24) is 49.4 Å². The van der Waals surface area contributed by atoms with Crippen LogP contribution < -0.4 is 21.0 Å². The van der Waals surface area contributed by atoms with E-state index in [1.807, 2.05) is 73.7 Å². The van der Waals surface area contributed by atoms with Crippen molar-refractivity contribution in [2.24, 2.45) is 5.92 Å². The average Bonchev–Trinajstić information content (AvgIpc) is 1.87. The zero-order valence-electron chi connectivity index (χ0n) is 49.7. The van der Waals surface area contributed by atoms with Gasteiger partial charge in [0, 0.05) is 23.1 Å². The highest BCUT2D eigenvalue weighted by Crippen LogP contribution is 2.51. The number of fused-ring (bicyclic) bond motifs is 2. The monoisotopic (exact) mass is 1260 g/mol. The molecule has 458 valence electrons. The molecule has 9 atom stereocenters. The van der Waals surface area contributed by atoms with Crippen LogP contribution in [0.15, 0.2) is 177 Å². The number of benzene rings is 5. The molecule has 4 aromatic heterocycles. The molecule has 1 unspecified atom stereocenters. The maximum atomic E-state index is 16.2. The van der Waals surface area contributed by atoms with Crippen molar-refractivity contribution in [2.45, 2.75) is 101 Å². The highest BCUT2D eigenvalue weighted by molar-refractivity contribution is 7.51. The summed E-state index contributed by atoms with van der Waals surface area (Å²) in [6.45, 7) is 11.4. The van der Waals surface area contributed by atoms with Gasteiger partial charge in [-0.1, -0.05) is 155 Å². The van der Waals surface area contributed by atoms with Gasteiger partial charge in [-0.25, -0.2) is 44.1 Å². The van der Waals surface area contributed by atoms with E-state index in [0.29, 0.717) is 22.3 Å². The number of aromatic nitrogens is 8. The topological polar surface area (TPSA) is 283 Å². The van der Waals surface area contributed by atoms with E-state index in [4.69, 9.17) is 32.5 Å². The molecule has 9 aromatic rings. The number of nitriles is 1. The Kier molecular flexibility index (Phi) is 18.9. The van der Waals surface area contributed by atoms with Gasteiger partial charge in [0.25, 0.3) is 11.8 Å². The molecule has 0 saturated carbocycles. The number of carbonyl (C=O) groups is 2. The Hall–Kier alpha value is -8.14. The minimum absolute atomic E-state index is 0.143. The quantitative estimate of drug-likeness (QED) is 0.0189. The number of anilines is 2. The molecule has 2 amide bonds. The molecule has 11 rings (SSSR count). The van der Waals surface area contributed by atoms with Crippen LogP contribution >= 0.6 is 16.4 Å². The summed E-state index contributed by atoms with van der Waals surface area (Å²) in [5.41, 5.74) is 3.74. The minimum atomic E-state index is -4.67. The average molecular weight is 1260 g/mol. The second-order valence-electron chi connectivity index (χ2n) is 23.1. The molecule has 26 heteroatoms. The molecule has 2 aliphatic rings. The van der Waals surface area contributed by atoms with Crippen LogP contribution in [0.25, 0.3) is 22.3 Å². The van der Waals surface area contributed by atoms with E-state index < -0.39 is 85.0 Å². The molecule has 5 aromatic carbocycles. The predicted octanol–water partition coefficient (Wildman–Crippen LogP) is 11.2. The van der Waals surface area contributed by atoms with Crippen molar-refractivity contribution in [3.63, 3.8) is 0 Å². The number of imidazole rings is 2. The van der Waals surface area contributed by atoms with Crippen LogP contribution in [0.3, 0.4) is 0 Å². The summed E-state index contributed by atoms with van der Waals surface area (Å²) in [6.07, 6.45) is 0.618. The van der Waals surface area contributed by atoms with Crippen LogP contribution in [0.2, 0.25) is 18.1 Å². The molecule has 0 bridgehead atoms. The van der Waals surface area contributed by atoms with Crippen molar-refractivity contribution in [3.05, 3.63) is 205 Å². The van der Waals surface area contributed by atoms with Crippen LogP contribution in [0.5, 0.6) is 0 Å². The molecule has 4 N–H and O–H groups in total. The van der Waals surface area contributed by atoms with Crippen LogP contribution in [0.1, 0.15) is 84.0 Å². The molecule has 23 nitrogen and oxygen atoms in total. The summed E-state index contributed by atoms with van der Waals surface area (Å²) in [6, 6.07) is 48.0. The summed E-state index contributed by atoms with van der Waals surface area (Å²) in [5, 5.41) is 22.6. The van der Waals surface area contributed by atoms with E-state index >= 15 is 4.57 Å². The van der Waals surface area contributed by atoms with Gasteiger partial charge in [0.15, 0.2) is 48.5 Å². The second-order valence-corrected chi connectivity index (χ2v) is 30.1. The molecule has 2 saturated heterocycles. The van der Waals surface area contributed by atoms with Crippen molar-refractivity contribution in [3.8, 4) is 6.07 Å². The summed E-state index contributed by atoms with van der Waals surface area (Å²) in [4.78, 5) is 54.5. The number of hydrogen-bond acceptors (Lipinski definition) is 18. The fourth-order valence-electron chi connectivity index (χ4n) is 11.1. The number of nitrogens with one attached hydrogen (secondary N) is 4. The first-order valence-electron chi connectivity index (χ1n) is 29.0. The Morgan fingerprint density at radius 2 is 1.11 bits per heavy atom. The third-order valence-corrected chi connectivity index (χ3v) is 23.0. The highest BCUT2D eigenvalue weighted by atomic mass is 31.2. The van der Waals surface area contributed by atoms with Gasteiger partial charge in [0.2, 0.25) is 0 Å². The number of ether oxygens (including phenoxy) is 2. The summed E-state index contributed by atoms with van der Waals surface area (Å²) in [7, 11) is -8.17. The SMILES string of the molecule is C[C@@H]1[C@H](NC(c2ccccc2)(c2ccccc2)c2ccccc2)[C@@H](COP(=O)(N[C@H]2[C@@H](O[Si](C)(C)C(C)(C)C)[C@H](n3cnc4c(NC(=O)c5ccccc5)ncnc43)O[C@@H]2COP=O)OCCC#N)O[C@H]1n1cnc2c(NC(=O)c3ccccc3)ncnc21. The normalized spacial score (nSPS) is 21.2.